The van der Waals surface area contributed by atoms with E-state index in [2.05, 4.69) is 10.2 Å². The average molecular weight is 313 g/mol. The van der Waals surface area contributed by atoms with Crippen LogP contribution >= 0.6 is 0 Å². The third kappa shape index (κ3) is 3.80. The van der Waals surface area contributed by atoms with Gasteiger partial charge in [-0.1, -0.05) is 6.07 Å². The molecular weight excluding hydrogens is 293 g/mol. The van der Waals surface area contributed by atoms with Crippen molar-refractivity contribution in [3.63, 3.8) is 0 Å². The van der Waals surface area contributed by atoms with Crippen LogP contribution in [0.3, 0.4) is 0 Å². The van der Waals surface area contributed by atoms with Gasteiger partial charge in [0.25, 0.3) is 0 Å². The van der Waals surface area contributed by atoms with Crippen LogP contribution in [0.5, 0.6) is 0 Å². The van der Waals surface area contributed by atoms with E-state index < -0.39 is 0 Å². The van der Waals surface area contributed by atoms with Gasteiger partial charge in [-0.25, -0.2) is 4.39 Å². The van der Waals surface area contributed by atoms with Crippen molar-refractivity contribution in [3.8, 4) is 0 Å². The fourth-order valence-corrected chi connectivity index (χ4v) is 2.90. The minimum atomic E-state index is -0.346. The number of rotatable bonds is 3. The monoisotopic (exact) mass is 313 g/mol. The van der Waals surface area contributed by atoms with E-state index in [0.717, 1.165) is 37.3 Å². The number of nitrogen functional groups attached to an aromatic ring is 1. The maximum absolute atomic E-state index is 13.2. The molecule has 1 aliphatic rings. The zero-order valence-electron chi connectivity index (χ0n) is 12.8. The summed E-state index contributed by atoms with van der Waals surface area (Å²) < 4.78 is 13.2. The third-order valence-corrected chi connectivity index (χ3v) is 4.22. The van der Waals surface area contributed by atoms with Gasteiger partial charge in [-0.05, 0) is 55.3 Å². The molecule has 1 amide bonds. The number of nitrogens with one attached hydrogen (secondary N) is 1. The van der Waals surface area contributed by atoms with Crippen molar-refractivity contribution in [2.75, 3.05) is 29.0 Å². The maximum atomic E-state index is 13.2. The summed E-state index contributed by atoms with van der Waals surface area (Å²) in [7, 11) is 0. The highest BCUT2D eigenvalue weighted by molar-refractivity contribution is 5.92. The largest absolute Gasteiger partial charge is 0.399 e. The first-order valence-corrected chi connectivity index (χ1v) is 7.79. The van der Waals surface area contributed by atoms with Crippen LogP contribution in [-0.4, -0.2) is 19.0 Å². The molecule has 0 aromatic heterocycles. The number of amides is 1. The number of nitrogens with two attached hydrogens (primary N) is 1. The Morgan fingerprint density at radius 3 is 2.48 bits per heavy atom. The van der Waals surface area contributed by atoms with Crippen LogP contribution in [0.2, 0.25) is 0 Å². The lowest BCUT2D eigenvalue weighted by atomic mass is 9.95. The number of carbonyl (C=O) groups is 1. The molecule has 1 saturated heterocycles. The Kier molecular flexibility index (Phi) is 4.46. The van der Waals surface area contributed by atoms with E-state index in [4.69, 9.17) is 5.73 Å². The van der Waals surface area contributed by atoms with Crippen LogP contribution < -0.4 is 16.0 Å². The molecule has 3 N–H and O–H groups in total. The van der Waals surface area contributed by atoms with E-state index in [9.17, 15) is 9.18 Å². The van der Waals surface area contributed by atoms with Crippen molar-refractivity contribution in [1.29, 1.82) is 0 Å². The number of carbonyl (C=O) groups excluding carboxylic acids is 1. The molecule has 0 saturated carbocycles. The summed E-state index contributed by atoms with van der Waals surface area (Å²) in [5.74, 6) is -0.420. The molecule has 3 rings (SSSR count). The van der Waals surface area contributed by atoms with Crippen LogP contribution in [-0.2, 0) is 4.79 Å². The first-order valence-electron chi connectivity index (χ1n) is 7.79. The standard InChI is InChI=1S/C18H20FN3O/c19-14-2-1-3-16(12-14)21-18(23)13-8-10-22(11-9-13)17-6-4-15(20)5-7-17/h1-7,12-13H,8-11,20H2,(H,21,23). The Bertz CT molecular complexity index is 679. The van der Waals surface area contributed by atoms with Crippen LogP contribution in [0.1, 0.15) is 12.8 Å². The number of nitrogens with zero attached hydrogens (tertiary/aromatic N) is 1. The second-order valence-corrected chi connectivity index (χ2v) is 5.85. The Hall–Kier alpha value is -2.56. The minimum Gasteiger partial charge on any atom is -0.399 e. The third-order valence-electron chi connectivity index (χ3n) is 4.22. The van der Waals surface area contributed by atoms with Crippen LogP contribution in [0.15, 0.2) is 48.5 Å². The first-order chi connectivity index (χ1) is 11.1. The van der Waals surface area contributed by atoms with Crippen molar-refractivity contribution >= 4 is 23.0 Å². The number of hydrogen-bond acceptors (Lipinski definition) is 3. The Balaban J connectivity index is 1.56. The molecule has 2 aromatic carbocycles. The topological polar surface area (TPSA) is 58.4 Å². The number of anilines is 3. The fourth-order valence-electron chi connectivity index (χ4n) is 2.90. The van der Waals surface area contributed by atoms with Gasteiger partial charge in [0.15, 0.2) is 0 Å². The van der Waals surface area contributed by atoms with Crippen LogP contribution in [0.25, 0.3) is 0 Å². The van der Waals surface area contributed by atoms with Gasteiger partial charge in [-0.15, -0.1) is 0 Å². The second-order valence-electron chi connectivity index (χ2n) is 5.85. The molecule has 4 nitrogen and oxygen atoms in total. The molecule has 0 spiro atoms. The van der Waals surface area contributed by atoms with Gasteiger partial charge >= 0.3 is 0 Å². The maximum Gasteiger partial charge on any atom is 0.227 e. The lowest BCUT2D eigenvalue weighted by molar-refractivity contribution is -0.120. The van der Waals surface area contributed by atoms with E-state index in [1.165, 1.54) is 12.1 Å². The Labute approximate surface area is 135 Å². The summed E-state index contributed by atoms with van der Waals surface area (Å²) in [5, 5.41) is 2.80. The molecule has 0 aliphatic carbocycles. The number of halogens is 1. The Morgan fingerprint density at radius 2 is 1.83 bits per heavy atom. The molecule has 1 aliphatic heterocycles. The highest BCUT2D eigenvalue weighted by atomic mass is 19.1. The summed E-state index contributed by atoms with van der Waals surface area (Å²) in [5.41, 5.74) is 8.09. The van der Waals surface area contributed by atoms with E-state index in [-0.39, 0.29) is 17.6 Å². The summed E-state index contributed by atoms with van der Waals surface area (Å²) in [4.78, 5) is 14.6. The number of hydrogen-bond donors (Lipinski definition) is 2. The van der Waals surface area contributed by atoms with Crippen molar-refractivity contribution in [2.45, 2.75) is 12.8 Å². The quantitative estimate of drug-likeness (QED) is 0.855. The second kappa shape index (κ2) is 6.69. The predicted octanol–water partition coefficient (Wildman–Crippen LogP) is 3.26. The van der Waals surface area contributed by atoms with E-state index in [1.807, 2.05) is 24.3 Å². The highest BCUT2D eigenvalue weighted by Crippen LogP contribution is 2.25. The van der Waals surface area contributed by atoms with Crippen molar-refractivity contribution in [1.82, 2.24) is 0 Å². The smallest absolute Gasteiger partial charge is 0.227 e. The van der Waals surface area contributed by atoms with Gasteiger partial charge in [0, 0.05) is 36.1 Å². The minimum absolute atomic E-state index is 0.0347. The Morgan fingerprint density at radius 1 is 1.13 bits per heavy atom. The number of piperidine rings is 1. The molecule has 0 radical (unpaired) electrons. The molecule has 5 heteroatoms. The molecule has 0 bridgehead atoms. The molecule has 23 heavy (non-hydrogen) atoms. The molecule has 1 fully saturated rings. The van der Waals surface area contributed by atoms with E-state index in [1.54, 1.807) is 12.1 Å². The van der Waals surface area contributed by atoms with E-state index in [0.29, 0.717) is 5.69 Å². The van der Waals surface area contributed by atoms with Gasteiger partial charge in [0.05, 0.1) is 0 Å². The summed E-state index contributed by atoms with van der Waals surface area (Å²) in [6, 6.07) is 13.8. The SMILES string of the molecule is Nc1ccc(N2CCC(C(=O)Nc3cccc(F)c3)CC2)cc1. The summed E-state index contributed by atoms with van der Waals surface area (Å²) >= 11 is 0. The number of benzene rings is 2. The summed E-state index contributed by atoms with van der Waals surface area (Å²) in [6.07, 6.45) is 1.57. The molecule has 1 heterocycles. The predicted molar refractivity (Wildman–Crippen MR) is 90.8 cm³/mol. The van der Waals surface area contributed by atoms with Crippen LogP contribution in [0.4, 0.5) is 21.5 Å². The summed E-state index contributed by atoms with van der Waals surface area (Å²) in [6.45, 7) is 1.65. The lowest BCUT2D eigenvalue weighted by Crippen LogP contribution is -2.38. The van der Waals surface area contributed by atoms with Crippen molar-refractivity contribution in [3.05, 3.63) is 54.3 Å². The highest BCUT2D eigenvalue weighted by Gasteiger charge is 2.25. The van der Waals surface area contributed by atoms with Gasteiger partial charge < -0.3 is 16.0 Å². The molecular formula is C18H20FN3O. The van der Waals surface area contributed by atoms with Crippen molar-refractivity contribution in [2.24, 2.45) is 5.92 Å². The fraction of sp³-hybridized carbons (Fsp3) is 0.278. The normalized spacial score (nSPS) is 15.4. The van der Waals surface area contributed by atoms with Gasteiger partial charge in [-0.2, -0.15) is 0 Å². The average Bonchev–Trinajstić information content (AvgIpc) is 2.56. The van der Waals surface area contributed by atoms with E-state index >= 15 is 0 Å². The molecule has 120 valence electrons. The van der Waals surface area contributed by atoms with Gasteiger partial charge in [-0.3, -0.25) is 4.79 Å². The zero-order valence-corrected chi connectivity index (χ0v) is 12.8. The van der Waals surface area contributed by atoms with Gasteiger partial charge in [0.2, 0.25) is 5.91 Å². The molecule has 0 unspecified atom stereocenters. The first kappa shape index (κ1) is 15.3. The molecule has 2 aromatic rings. The molecule has 0 atom stereocenters. The van der Waals surface area contributed by atoms with Gasteiger partial charge in [0.1, 0.15) is 5.82 Å². The zero-order chi connectivity index (χ0) is 16.2. The van der Waals surface area contributed by atoms with Crippen LogP contribution in [0, 0.1) is 11.7 Å². The lowest BCUT2D eigenvalue weighted by Gasteiger charge is -2.33. The van der Waals surface area contributed by atoms with Crippen molar-refractivity contribution < 1.29 is 9.18 Å².